The zero-order valence-corrected chi connectivity index (χ0v) is 15.9. The molecule has 0 aliphatic carbocycles. The van der Waals surface area contributed by atoms with Gasteiger partial charge in [0.15, 0.2) is 13.2 Å². The van der Waals surface area contributed by atoms with Gasteiger partial charge in [0.1, 0.15) is 11.6 Å². The van der Waals surface area contributed by atoms with E-state index in [9.17, 15) is 18.8 Å². The maximum Gasteiger partial charge on any atom is 0.344 e. The average molecular weight is 389 g/mol. The highest BCUT2D eigenvalue weighted by atomic mass is 35.5. The van der Waals surface area contributed by atoms with Crippen molar-refractivity contribution in [1.29, 1.82) is 0 Å². The fraction of sp³-hybridized carbons (Fsp3) is 0.471. The number of nitrogens with one attached hydrogen (secondary N) is 1. The van der Waals surface area contributed by atoms with E-state index in [2.05, 4.69) is 5.32 Å². The van der Waals surface area contributed by atoms with Gasteiger partial charge in [0, 0.05) is 12.6 Å². The van der Waals surface area contributed by atoms with E-state index >= 15 is 0 Å². The van der Waals surface area contributed by atoms with Crippen LogP contribution in [0.25, 0.3) is 0 Å². The van der Waals surface area contributed by atoms with E-state index in [1.54, 1.807) is 0 Å². The van der Waals surface area contributed by atoms with Crippen molar-refractivity contribution in [3.05, 3.63) is 29.0 Å². The molecule has 0 saturated heterocycles. The third-order valence-corrected chi connectivity index (χ3v) is 3.21. The predicted octanol–water partition coefficient (Wildman–Crippen LogP) is 1.77. The first-order chi connectivity index (χ1) is 12.0. The second-order valence-electron chi connectivity index (χ2n) is 6.57. The molecule has 9 heteroatoms. The summed E-state index contributed by atoms with van der Waals surface area (Å²) >= 11 is 5.76. The summed E-state index contributed by atoms with van der Waals surface area (Å²) in [5.41, 5.74) is -0.410. The van der Waals surface area contributed by atoms with E-state index in [1.165, 1.54) is 13.1 Å². The van der Waals surface area contributed by atoms with Gasteiger partial charge in [-0.15, -0.1) is 0 Å². The van der Waals surface area contributed by atoms with Crippen LogP contribution < -0.4 is 10.1 Å². The minimum absolute atomic E-state index is 0.0125. The van der Waals surface area contributed by atoms with Gasteiger partial charge in [-0.25, -0.2) is 9.18 Å². The minimum atomic E-state index is -0.800. The number of rotatable bonds is 7. The highest BCUT2D eigenvalue weighted by molar-refractivity contribution is 6.32. The first-order valence-corrected chi connectivity index (χ1v) is 8.14. The number of benzene rings is 1. The number of likely N-dealkylation sites (N-methyl/N-ethyl adjacent to an activating group) is 1. The van der Waals surface area contributed by atoms with Gasteiger partial charge >= 0.3 is 5.97 Å². The van der Waals surface area contributed by atoms with Gasteiger partial charge in [0.05, 0.1) is 11.6 Å². The molecule has 1 N–H and O–H groups in total. The van der Waals surface area contributed by atoms with Gasteiger partial charge in [-0.3, -0.25) is 9.59 Å². The van der Waals surface area contributed by atoms with Crippen molar-refractivity contribution in [2.75, 3.05) is 26.8 Å². The third-order valence-electron chi connectivity index (χ3n) is 2.92. The van der Waals surface area contributed by atoms with Crippen molar-refractivity contribution < 1.29 is 28.2 Å². The Balaban J connectivity index is 2.37. The van der Waals surface area contributed by atoms with Gasteiger partial charge in [0.25, 0.3) is 5.91 Å². The molecule has 0 saturated carbocycles. The standard InChI is InChI=1S/C17H22ClFN2O5/c1-17(2,3)20-14(22)8-21(4)15(23)9-26-16(24)10-25-13-6-5-11(19)7-12(13)18/h5-7H,8-10H2,1-4H3,(H,20,22). The Hall–Kier alpha value is -2.35. The van der Waals surface area contributed by atoms with Gasteiger partial charge in [-0.05, 0) is 39.0 Å². The Morgan fingerprint density at radius 3 is 2.46 bits per heavy atom. The van der Waals surface area contributed by atoms with Crippen molar-refractivity contribution in [3.63, 3.8) is 0 Å². The Bertz CT molecular complexity index is 676. The molecule has 0 aromatic heterocycles. The molecule has 7 nitrogen and oxygen atoms in total. The van der Waals surface area contributed by atoms with Gasteiger partial charge in [0.2, 0.25) is 5.91 Å². The number of halogens is 2. The molecular weight excluding hydrogens is 367 g/mol. The highest BCUT2D eigenvalue weighted by Gasteiger charge is 2.19. The van der Waals surface area contributed by atoms with Crippen LogP contribution in [0.2, 0.25) is 5.02 Å². The van der Waals surface area contributed by atoms with Crippen molar-refractivity contribution in [2.45, 2.75) is 26.3 Å². The monoisotopic (exact) mass is 388 g/mol. The molecule has 26 heavy (non-hydrogen) atoms. The van der Waals surface area contributed by atoms with Gasteiger partial charge < -0.3 is 19.7 Å². The van der Waals surface area contributed by atoms with Crippen LogP contribution in [0.1, 0.15) is 20.8 Å². The lowest BCUT2D eigenvalue weighted by molar-refractivity contribution is -0.153. The summed E-state index contributed by atoms with van der Waals surface area (Å²) in [6.07, 6.45) is 0. The molecule has 2 amide bonds. The van der Waals surface area contributed by atoms with Crippen LogP contribution >= 0.6 is 11.6 Å². The summed E-state index contributed by atoms with van der Waals surface area (Å²) in [5, 5.41) is 2.73. The first-order valence-electron chi connectivity index (χ1n) is 7.76. The summed E-state index contributed by atoms with van der Waals surface area (Å²) in [7, 11) is 1.42. The minimum Gasteiger partial charge on any atom is -0.480 e. The summed E-state index contributed by atoms with van der Waals surface area (Å²) in [6.45, 7) is 4.28. The predicted molar refractivity (Wildman–Crippen MR) is 93.4 cm³/mol. The van der Waals surface area contributed by atoms with Gasteiger partial charge in [-0.2, -0.15) is 0 Å². The lowest BCUT2D eigenvalue weighted by atomic mass is 10.1. The van der Waals surface area contributed by atoms with Crippen LogP contribution in [0, 0.1) is 5.82 Å². The zero-order chi connectivity index (χ0) is 19.9. The van der Waals surface area contributed by atoms with Crippen molar-refractivity contribution in [2.24, 2.45) is 0 Å². The van der Waals surface area contributed by atoms with E-state index in [0.29, 0.717) is 0 Å². The van der Waals surface area contributed by atoms with E-state index < -0.39 is 36.4 Å². The van der Waals surface area contributed by atoms with Crippen LogP contribution in [-0.4, -0.2) is 55.0 Å². The van der Waals surface area contributed by atoms with E-state index in [1.807, 2.05) is 20.8 Å². The van der Waals surface area contributed by atoms with E-state index in [-0.39, 0.29) is 23.2 Å². The molecule has 0 unspecified atom stereocenters. The van der Waals surface area contributed by atoms with Crippen LogP contribution in [0.15, 0.2) is 18.2 Å². The smallest absolute Gasteiger partial charge is 0.344 e. The number of amides is 2. The maximum absolute atomic E-state index is 12.9. The Kier molecular flexibility index (Phi) is 7.82. The molecule has 0 radical (unpaired) electrons. The van der Waals surface area contributed by atoms with Crippen LogP contribution in [0.5, 0.6) is 5.75 Å². The number of nitrogens with zero attached hydrogens (tertiary/aromatic N) is 1. The Morgan fingerprint density at radius 2 is 1.88 bits per heavy atom. The van der Waals surface area contributed by atoms with E-state index in [4.69, 9.17) is 21.1 Å². The molecule has 1 rings (SSSR count). The SMILES string of the molecule is CN(CC(=O)NC(C)(C)C)C(=O)COC(=O)COc1ccc(F)cc1Cl. The fourth-order valence-corrected chi connectivity index (χ4v) is 2.01. The second-order valence-corrected chi connectivity index (χ2v) is 6.98. The molecule has 0 fully saturated rings. The highest BCUT2D eigenvalue weighted by Crippen LogP contribution is 2.24. The maximum atomic E-state index is 12.9. The Morgan fingerprint density at radius 1 is 1.23 bits per heavy atom. The van der Waals surface area contributed by atoms with Gasteiger partial charge in [-0.1, -0.05) is 11.6 Å². The quantitative estimate of drug-likeness (QED) is 0.720. The molecule has 0 aliphatic heterocycles. The number of hydrogen-bond donors (Lipinski definition) is 1. The number of carbonyl (C=O) groups is 3. The third kappa shape index (κ3) is 8.15. The van der Waals surface area contributed by atoms with Crippen molar-refractivity contribution in [3.8, 4) is 5.75 Å². The van der Waals surface area contributed by atoms with Crippen molar-refractivity contribution in [1.82, 2.24) is 10.2 Å². The molecule has 0 heterocycles. The topological polar surface area (TPSA) is 84.9 Å². The molecular formula is C17H22ClFN2O5. The zero-order valence-electron chi connectivity index (χ0n) is 15.1. The molecule has 1 aromatic rings. The fourth-order valence-electron chi connectivity index (χ4n) is 1.78. The van der Waals surface area contributed by atoms with Crippen molar-refractivity contribution >= 4 is 29.4 Å². The number of hydrogen-bond acceptors (Lipinski definition) is 5. The molecule has 0 spiro atoms. The summed E-state index contributed by atoms with van der Waals surface area (Å²) < 4.78 is 22.8. The normalized spacial score (nSPS) is 10.8. The number of ether oxygens (including phenoxy) is 2. The van der Waals surface area contributed by atoms with Crippen LogP contribution in [0.4, 0.5) is 4.39 Å². The summed E-state index contributed by atoms with van der Waals surface area (Å²) in [4.78, 5) is 36.4. The Labute approximate surface area is 156 Å². The molecule has 1 aromatic carbocycles. The average Bonchev–Trinajstić information content (AvgIpc) is 2.49. The number of esters is 1. The first kappa shape index (κ1) is 21.7. The molecule has 0 aliphatic rings. The van der Waals surface area contributed by atoms with Crippen LogP contribution in [-0.2, 0) is 19.1 Å². The second kappa shape index (κ2) is 9.38. The molecule has 144 valence electrons. The van der Waals surface area contributed by atoms with E-state index in [0.717, 1.165) is 17.0 Å². The summed E-state index contributed by atoms with van der Waals surface area (Å²) in [5.74, 6) is -2.08. The van der Waals surface area contributed by atoms with Crippen LogP contribution in [0.3, 0.4) is 0 Å². The number of carbonyl (C=O) groups excluding carboxylic acids is 3. The lowest BCUT2D eigenvalue weighted by Crippen LogP contribution is -2.47. The summed E-state index contributed by atoms with van der Waals surface area (Å²) in [6, 6.07) is 3.45. The lowest BCUT2D eigenvalue weighted by Gasteiger charge is -2.23. The largest absolute Gasteiger partial charge is 0.480 e. The molecule has 0 bridgehead atoms. The molecule has 0 atom stereocenters.